The van der Waals surface area contributed by atoms with Gasteiger partial charge in [-0.2, -0.15) is 0 Å². The summed E-state index contributed by atoms with van der Waals surface area (Å²) in [6.45, 7) is 0. The minimum Gasteiger partial charge on any atom is -0.295 e. The summed E-state index contributed by atoms with van der Waals surface area (Å²) in [7, 11) is 0. The van der Waals surface area contributed by atoms with Gasteiger partial charge in [0, 0.05) is 28.9 Å². The van der Waals surface area contributed by atoms with Gasteiger partial charge in [0.25, 0.3) is 0 Å². The number of halogens is 4. The van der Waals surface area contributed by atoms with E-state index in [2.05, 4.69) is 20.9 Å². The van der Waals surface area contributed by atoms with Gasteiger partial charge in [0.1, 0.15) is 17.2 Å². The number of alkyl halides is 1. The van der Waals surface area contributed by atoms with E-state index in [1.165, 1.54) is 6.07 Å². The van der Waals surface area contributed by atoms with E-state index >= 15 is 0 Å². The van der Waals surface area contributed by atoms with Gasteiger partial charge >= 0.3 is 0 Å². The van der Waals surface area contributed by atoms with Crippen LogP contribution in [0.4, 0.5) is 8.78 Å². The molecule has 0 aliphatic heterocycles. The van der Waals surface area contributed by atoms with Crippen LogP contribution in [0.5, 0.6) is 0 Å². The van der Waals surface area contributed by atoms with Crippen molar-refractivity contribution in [2.45, 2.75) is 6.42 Å². The van der Waals surface area contributed by atoms with Gasteiger partial charge in [0.15, 0.2) is 5.82 Å². The molecule has 6 heteroatoms. The van der Waals surface area contributed by atoms with Gasteiger partial charge in [-0.1, -0.05) is 12.1 Å². The number of aromatic nitrogens is 2. The zero-order valence-corrected chi connectivity index (χ0v) is 13.1. The molecule has 3 aromatic rings. The number of benzene rings is 2. The minimum absolute atomic E-state index is 0.146. The number of imidazole rings is 1. The summed E-state index contributed by atoms with van der Waals surface area (Å²) in [5.41, 5.74) is 1.30. The molecule has 108 valence electrons. The molecule has 0 unspecified atom stereocenters. The predicted molar refractivity (Wildman–Crippen MR) is 83.1 cm³/mol. The van der Waals surface area contributed by atoms with Crippen molar-refractivity contribution in [2.24, 2.45) is 0 Å². The maximum Gasteiger partial charge on any atom is 0.153 e. The third-order valence-electron chi connectivity index (χ3n) is 3.16. The lowest BCUT2D eigenvalue weighted by atomic mass is 10.2. The van der Waals surface area contributed by atoms with Gasteiger partial charge in [-0.3, -0.25) is 4.57 Å². The molecule has 0 saturated carbocycles. The second kappa shape index (κ2) is 5.73. The molecule has 0 amide bonds. The van der Waals surface area contributed by atoms with Gasteiger partial charge in [-0.25, -0.2) is 13.8 Å². The number of nitrogens with zero attached hydrogens (tertiary/aromatic N) is 2. The molecule has 0 aliphatic rings. The van der Waals surface area contributed by atoms with Crippen molar-refractivity contribution < 1.29 is 8.78 Å². The summed E-state index contributed by atoms with van der Waals surface area (Å²) in [6, 6.07) is 9.56. The molecule has 1 aromatic heterocycles. The summed E-state index contributed by atoms with van der Waals surface area (Å²) in [5, 5.41) is 0. The second-order valence-electron chi connectivity index (χ2n) is 4.51. The van der Waals surface area contributed by atoms with Crippen molar-refractivity contribution in [1.82, 2.24) is 9.55 Å². The molecule has 1 heterocycles. The van der Waals surface area contributed by atoms with Gasteiger partial charge in [-0.15, -0.1) is 11.6 Å². The molecule has 0 bridgehead atoms. The molecular formula is C15H10BrClF2N2. The standard InChI is InChI=1S/C15H10BrClF2N2/c16-10-3-1-2-4-12(10)21-13-8-9(18)7-11(19)15(13)20-14(21)5-6-17/h1-4,7-8H,5-6H2. The molecule has 2 nitrogen and oxygen atoms in total. The fourth-order valence-corrected chi connectivity index (χ4v) is 2.94. The summed E-state index contributed by atoms with van der Waals surface area (Å²) in [4.78, 5) is 4.28. The van der Waals surface area contributed by atoms with Gasteiger partial charge in [0.05, 0.1) is 11.2 Å². The Morgan fingerprint density at radius 1 is 1.19 bits per heavy atom. The van der Waals surface area contributed by atoms with Crippen LogP contribution < -0.4 is 0 Å². The average Bonchev–Trinajstić information content (AvgIpc) is 2.78. The summed E-state index contributed by atoms with van der Waals surface area (Å²) in [6.07, 6.45) is 0.457. The molecule has 2 aromatic carbocycles. The highest BCUT2D eigenvalue weighted by molar-refractivity contribution is 9.10. The van der Waals surface area contributed by atoms with Crippen LogP contribution >= 0.6 is 27.5 Å². The van der Waals surface area contributed by atoms with Crippen molar-refractivity contribution in [1.29, 1.82) is 0 Å². The monoisotopic (exact) mass is 370 g/mol. The Morgan fingerprint density at radius 2 is 1.95 bits per heavy atom. The third-order valence-corrected chi connectivity index (χ3v) is 4.02. The fraction of sp³-hybridized carbons (Fsp3) is 0.133. The van der Waals surface area contributed by atoms with Crippen LogP contribution in [0, 0.1) is 11.6 Å². The Balaban J connectivity index is 2.38. The first-order chi connectivity index (χ1) is 10.1. The van der Waals surface area contributed by atoms with Crippen molar-refractivity contribution in [3.63, 3.8) is 0 Å². The van der Waals surface area contributed by atoms with Crippen LogP contribution in [-0.4, -0.2) is 15.4 Å². The van der Waals surface area contributed by atoms with E-state index in [1.54, 1.807) is 4.57 Å². The molecule has 0 fully saturated rings. The maximum atomic E-state index is 13.9. The van der Waals surface area contributed by atoms with E-state index in [4.69, 9.17) is 11.6 Å². The topological polar surface area (TPSA) is 17.8 Å². The van der Waals surface area contributed by atoms with Gasteiger partial charge < -0.3 is 0 Å². The van der Waals surface area contributed by atoms with E-state index < -0.39 is 11.6 Å². The first kappa shape index (κ1) is 14.5. The Kier molecular flexibility index (Phi) is 3.95. The Labute approximate surface area is 133 Å². The lowest BCUT2D eigenvalue weighted by molar-refractivity contribution is 0.590. The molecule has 0 N–H and O–H groups in total. The summed E-state index contributed by atoms with van der Waals surface area (Å²) in [5.74, 6) is -0.369. The largest absolute Gasteiger partial charge is 0.295 e. The van der Waals surface area contributed by atoms with E-state index in [0.717, 1.165) is 16.2 Å². The molecule has 0 radical (unpaired) electrons. The zero-order valence-electron chi connectivity index (χ0n) is 10.8. The number of aryl methyl sites for hydroxylation is 1. The molecule has 0 atom stereocenters. The lowest BCUT2D eigenvalue weighted by Crippen LogP contribution is -2.03. The van der Waals surface area contributed by atoms with Crippen LogP contribution in [-0.2, 0) is 6.42 Å². The van der Waals surface area contributed by atoms with Crippen molar-refractivity contribution in [2.75, 3.05) is 5.88 Å². The molecule has 3 rings (SSSR count). The fourth-order valence-electron chi connectivity index (χ4n) is 2.31. The average molecular weight is 372 g/mol. The number of fused-ring (bicyclic) bond motifs is 1. The maximum absolute atomic E-state index is 13.9. The smallest absolute Gasteiger partial charge is 0.153 e. The van der Waals surface area contributed by atoms with E-state index in [9.17, 15) is 8.78 Å². The molecule has 0 spiro atoms. The van der Waals surface area contributed by atoms with Crippen molar-refractivity contribution >= 4 is 38.6 Å². The Morgan fingerprint density at radius 3 is 2.67 bits per heavy atom. The zero-order chi connectivity index (χ0) is 15.0. The van der Waals surface area contributed by atoms with Crippen LogP contribution in [0.25, 0.3) is 16.7 Å². The minimum atomic E-state index is -0.674. The van der Waals surface area contributed by atoms with Crippen LogP contribution in [0.15, 0.2) is 40.9 Å². The highest BCUT2D eigenvalue weighted by Gasteiger charge is 2.17. The number of rotatable bonds is 3. The Hall–Kier alpha value is -1.46. The molecule has 0 aliphatic carbocycles. The number of hydrogen-bond donors (Lipinski definition) is 0. The normalized spacial score (nSPS) is 11.2. The highest BCUT2D eigenvalue weighted by atomic mass is 79.9. The number of hydrogen-bond acceptors (Lipinski definition) is 1. The van der Waals surface area contributed by atoms with Crippen molar-refractivity contribution in [3.8, 4) is 5.69 Å². The number of para-hydroxylation sites is 1. The van der Waals surface area contributed by atoms with E-state index in [1.807, 2.05) is 24.3 Å². The van der Waals surface area contributed by atoms with Gasteiger partial charge in [0.2, 0.25) is 0 Å². The van der Waals surface area contributed by atoms with Crippen LogP contribution in [0.1, 0.15) is 5.82 Å². The first-order valence-electron chi connectivity index (χ1n) is 6.29. The molecule has 21 heavy (non-hydrogen) atoms. The first-order valence-corrected chi connectivity index (χ1v) is 7.62. The van der Waals surface area contributed by atoms with E-state index in [0.29, 0.717) is 23.6 Å². The summed E-state index contributed by atoms with van der Waals surface area (Å²) >= 11 is 9.26. The van der Waals surface area contributed by atoms with E-state index in [-0.39, 0.29) is 5.52 Å². The third kappa shape index (κ3) is 2.56. The quantitative estimate of drug-likeness (QED) is 0.602. The molecular weight excluding hydrogens is 362 g/mol. The SMILES string of the molecule is Fc1cc(F)c2nc(CCCl)n(-c3ccccc3Br)c2c1. The van der Waals surface area contributed by atoms with Crippen LogP contribution in [0.2, 0.25) is 0 Å². The van der Waals surface area contributed by atoms with Gasteiger partial charge in [-0.05, 0) is 28.1 Å². The second-order valence-corrected chi connectivity index (χ2v) is 5.74. The van der Waals surface area contributed by atoms with Crippen molar-refractivity contribution in [3.05, 3.63) is 58.3 Å². The Bertz CT molecular complexity index is 817. The summed E-state index contributed by atoms with van der Waals surface area (Å²) < 4.78 is 30.0. The van der Waals surface area contributed by atoms with Crippen LogP contribution in [0.3, 0.4) is 0 Å². The molecule has 0 saturated heterocycles. The highest BCUT2D eigenvalue weighted by Crippen LogP contribution is 2.29. The lowest BCUT2D eigenvalue weighted by Gasteiger charge is -2.10. The predicted octanol–water partition coefficient (Wildman–Crippen LogP) is 4.85.